The average Bonchev–Trinajstić information content (AvgIpc) is 2.30. The quantitative estimate of drug-likeness (QED) is 0.429. The normalized spacial score (nSPS) is 8.88. The van der Waals surface area contributed by atoms with Crippen molar-refractivity contribution in [3.63, 3.8) is 0 Å². The Kier molecular flexibility index (Phi) is 4.28. The molecule has 0 saturated carbocycles. The van der Waals surface area contributed by atoms with E-state index in [1.54, 1.807) is 18.2 Å². The number of carbonyl (C=O) groups excluding carboxylic acids is 2. The first-order valence-electron chi connectivity index (χ1n) is 4.80. The Morgan fingerprint density at radius 2 is 2.25 bits per heavy atom. The number of aldehydes is 1. The van der Waals surface area contributed by atoms with Crippen molar-refractivity contribution in [1.82, 2.24) is 0 Å². The van der Waals surface area contributed by atoms with E-state index in [0.29, 0.717) is 11.1 Å². The van der Waals surface area contributed by atoms with Gasteiger partial charge in [0, 0.05) is 5.56 Å². The van der Waals surface area contributed by atoms with Crippen molar-refractivity contribution in [3.05, 3.63) is 34.9 Å². The first kappa shape index (κ1) is 12.0. The number of aryl methyl sites for hydroxylation is 1. The topological polar surface area (TPSA) is 43.4 Å². The molecule has 82 valence electrons. The monoisotopic (exact) mass is 216 g/mol. The lowest BCUT2D eigenvalue weighted by Gasteiger charge is -2.03. The second kappa shape index (κ2) is 5.72. The van der Waals surface area contributed by atoms with Gasteiger partial charge in [0.15, 0.2) is 0 Å². The first-order chi connectivity index (χ1) is 7.69. The molecule has 1 aromatic rings. The summed E-state index contributed by atoms with van der Waals surface area (Å²) in [6, 6.07) is 5.27. The van der Waals surface area contributed by atoms with Crippen molar-refractivity contribution >= 4 is 12.3 Å². The number of benzene rings is 1. The molecule has 0 unspecified atom stereocenters. The SMILES string of the molecule is COC(=O)c1cc(C#CCC=O)ccc1C. The summed E-state index contributed by atoms with van der Waals surface area (Å²) in [7, 11) is 1.34. The molecule has 0 aliphatic heterocycles. The molecule has 3 nitrogen and oxygen atoms in total. The Labute approximate surface area is 94.4 Å². The number of esters is 1. The zero-order valence-corrected chi connectivity index (χ0v) is 9.24. The number of carbonyl (C=O) groups is 2. The summed E-state index contributed by atoms with van der Waals surface area (Å²) in [4.78, 5) is 21.5. The molecule has 3 heteroatoms. The van der Waals surface area contributed by atoms with Crippen LogP contribution in [0.3, 0.4) is 0 Å². The van der Waals surface area contributed by atoms with Gasteiger partial charge in [0.2, 0.25) is 0 Å². The lowest BCUT2D eigenvalue weighted by atomic mass is 10.1. The second-order valence-corrected chi connectivity index (χ2v) is 3.19. The van der Waals surface area contributed by atoms with Crippen LogP contribution < -0.4 is 0 Å². The molecule has 0 fully saturated rings. The highest BCUT2D eigenvalue weighted by Crippen LogP contribution is 2.11. The molecular formula is C13H12O3. The number of hydrogen-bond donors (Lipinski definition) is 0. The second-order valence-electron chi connectivity index (χ2n) is 3.19. The lowest BCUT2D eigenvalue weighted by Crippen LogP contribution is -2.03. The fourth-order valence-electron chi connectivity index (χ4n) is 1.22. The summed E-state index contributed by atoms with van der Waals surface area (Å²) < 4.78 is 4.65. The number of methoxy groups -OCH3 is 1. The van der Waals surface area contributed by atoms with Crippen molar-refractivity contribution < 1.29 is 14.3 Å². The van der Waals surface area contributed by atoms with Gasteiger partial charge in [-0.1, -0.05) is 17.9 Å². The molecule has 0 atom stereocenters. The van der Waals surface area contributed by atoms with Gasteiger partial charge in [0.05, 0.1) is 19.1 Å². The van der Waals surface area contributed by atoms with E-state index in [1.807, 2.05) is 6.92 Å². The molecule has 0 aliphatic carbocycles. The minimum absolute atomic E-state index is 0.196. The molecule has 0 radical (unpaired) electrons. The van der Waals surface area contributed by atoms with Crippen molar-refractivity contribution in [2.45, 2.75) is 13.3 Å². The molecule has 0 bridgehead atoms. The molecule has 16 heavy (non-hydrogen) atoms. The Morgan fingerprint density at radius 3 is 2.88 bits per heavy atom. The number of hydrogen-bond acceptors (Lipinski definition) is 3. The summed E-state index contributed by atoms with van der Waals surface area (Å²) in [5, 5.41) is 0. The summed E-state index contributed by atoms with van der Waals surface area (Å²) in [6.45, 7) is 1.83. The highest BCUT2D eigenvalue weighted by Gasteiger charge is 2.08. The van der Waals surface area contributed by atoms with E-state index < -0.39 is 0 Å². The molecule has 0 saturated heterocycles. The van der Waals surface area contributed by atoms with Crippen LogP contribution in [0.15, 0.2) is 18.2 Å². The Balaban J connectivity index is 3.04. The van der Waals surface area contributed by atoms with Crippen molar-refractivity contribution in [3.8, 4) is 11.8 Å². The van der Waals surface area contributed by atoms with Gasteiger partial charge in [-0.3, -0.25) is 0 Å². The van der Waals surface area contributed by atoms with Gasteiger partial charge in [-0.25, -0.2) is 4.79 Å². The minimum atomic E-state index is -0.378. The van der Waals surface area contributed by atoms with E-state index >= 15 is 0 Å². The molecule has 0 aliphatic rings. The number of rotatable bonds is 2. The Bertz CT molecular complexity index is 464. The molecular weight excluding hydrogens is 204 g/mol. The van der Waals surface area contributed by atoms with Crippen molar-refractivity contribution in [1.29, 1.82) is 0 Å². The summed E-state index contributed by atoms with van der Waals surface area (Å²) in [5.41, 5.74) is 2.04. The summed E-state index contributed by atoms with van der Waals surface area (Å²) in [6.07, 6.45) is 0.934. The van der Waals surface area contributed by atoms with Crippen molar-refractivity contribution in [2.75, 3.05) is 7.11 Å². The maximum atomic E-state index is 11.4. The third-order valence-electron chi connectivity index (χ3n) is 2.06. The molecule has 1 rings (SSSR count). The van der Waals surface area contributed by atoms with Crippen LogP contribution in [0.4, 0.5) is 0 Å². The van der Waals surface area contributed by atoms with Crippen molar-refractivity contribution in [2.24, 2.45) is 0 Å². The fourth-order valence-corrected chi connectivity index (χ4v) is 1.22. The lowest BCUT2D eigenvalue weighted by molar-refractivity contribution is -0.107. The van der Waals surface area contributed by atoms with Gasteiger partial charge in [-0.2, -0.15) is 0 Å². The van der Waals surface area contributed by atoms with Crippen LogP contribution in [-0.4, -0.2) is 19.4 Å². The van der Waals surface area contributed by atoms with Crippen LogP contribution in [0.1, 0.15) is 27.9 Å². The predicted molar refractivity (Wildman–Crippen MR) is 60.1 cm³/mol. The Morgan fingerprint density at radius 1 is 1.50 bits per heavy atom. The summed E-state index contributed by atoms with van der Waals surface area (Å²) >= 11 is 0. The van der Waals surface area contributed by atoms with E-state index in [4.69, 9.17) is 0 Å². The van der Waals surface area contributed by atoms with Gasteiger partial charge in [0.1, 0.15) is 6.29 Å². The first-order valence-corrected chi connectivity index (χ1v) is 4.80. The molecule has 0 spiro atoms. The predicted octanol–water partition coefficient (Wildman–Crippen LogP) is 1.72. The summed E-state index contributed by atoms with van der Waals surface area (Å²) in [5.74, 6) is 5.11. The third-order valence-corrected chi connectivity index (χ3v) is 2.06. The third kappa shape index (κ3) is 2.96. The van der Waals surface area contributed by atoms with Gasteiger partial charge >= 0.3 is 5.97 Å². The van der Waals surface area contributed by atoms with Gasteiger partial charge < -0.3 is 9.53 Å². The highest BCUT2D eigenvalue weighted by molar-refractivity contribution is 5.91. The van der Waals surface area contributed by atoms with Crippen LogP contribution in [0.25, 0.3) is 0 Å². The van der Waals surface area contributed by atoms with E-state index in [-0.39, 0.29) is 12.4 Å². The van der Waals surface area contributed by atoms with Crippen LogP contribution in [-0.2, 0) is 9.53 Å². The minimum Gasteiger partial charge on any atom is -0.465 e. The maximum Gasteiger partial charge on any atom is 0.338 e. The van der Waals surface area contributed by atoms with Crippen LogP contribution >= 0.6 is 0 Å². The largest absolute Gasteiger partial charge is 0.465 e. The van der Waals surface area contributed by atoms with Crippen LogP contribution in [0.5, 0.6) is 0 Å². The van der Waals surface area contributed by atoms with E-state index in [2.05, 4.69) is 16.6 Å². The van der Waals surface area contributed by atoms with E-state index in [0.717, 1.165) is 11.8 Å². The maximum absolute atomic E-state index is 11.4. The van der Waals surface area contributed by atoms with Gasteiger partial charge in [-0.15, -0.1) is 0 Å². The number of ether oxygens (including phenoxy) is 1. The average molecular weight is 216 g/mol. The molecule has 1 aromatic carbocycles. The Hall–Kier alpha value is -2.08. The van der Waals surface area contributed by atoms with E-state index in [1.165, 1.54) is 7.11 Å². The zero-order chi connectivity index (χ0) is 12.0. The zero-order valence-electron chi connectivity index (χ0n) is 9.24. The molecule has 0 heterocycles. The molecule has 0 amide bonds. The van der Waals surface area contributed by atoms with Gasteiger partial charge in [0.25, 0.3) is 0 Å². The smallest absolute Gasteiger partial charge is 0.338 e. The van der Waals surface area contributed by atoms with E-state index in [9.17, 15) is 9.59 Å². The highest BCUT2D eigenvalue weighted by atomic mass is 16.5. The fraction of sp³-hybridized carbons (Fsp3) is 0.231. The van der Waals surface area contributed by atoms with Crippen LogP contribution in [0.2, 0.25) is 0 Å². The molecule has 0 aromatic heterocycles. The standard InChI is InChI=1S/C13H12O3/c1-10-6-7-11(5-3-4-8-14)9-12(10)13(15)16-2/h6-9H,4H2,1-2H3. The molecule has 0 N–H and O–H groups in total. The van der Waals surface area contributed by atoms with Gasteiger partial charge in [-0.05, 0) is 24.6 Å². The van der Waals surface area contributed by atoms with Crippen LogP contribution in [0, 0.1) is 18.8 Å².